The summed E-state index contributed by atoms with van der Waals surface area (Å²) in [6.07, 6.45) is 3.46. The average molecular weight is 396 g/mol. The van der Waals surface area contributed by atoms with Crippen molar-refractivity contribution in [3.05, 3.63) is 84.2 Å². The second-order valence-corrected chi connectivity index (χ2v) is 7.79. The largest absolute Gasteiger partial charge is 0.298 e. The summed E-state index contributed by atoms with van der Waals surface area (Å²) in [5, 5.41) is 4.35. The van der Waals surface area contributed by atoms with Crippen molar-refractivity contribution in [3.63, 3.8) is 0 Å². The van der Waals surface area contributed by atoms with Crippen LogP contribution in [0.5, 0.6) is 0 Å². The highest BCUT2D eigenvalue weighted by molar-refractivity contribution is 7.22. The van der Waals surface area contributed by atoms with Gasteiger partial charge in [0.05, 0.1) is 27.0 Å². The number of benzene rings is 2. The summed E-state index contributed by atoms with van der Waals surface area (Å²) < 4.78 is 1.05. The molecule has 2 aromatic carbocycles. The van der Waals surface area contributed by atoms with Crippen LogP contribution in [0.15, 0.2) is 73.1 Å². The van der Waals surface area contributed by atoms with E-state index in [1.807, 2.05) is 61.5 Å². The number of hydrogen-bond acceptors (Lipinski definition) is 5. The minimum atomic E-state index is -0.204. The smallest absolute Gasteiger partial charge is 0.258 e. The SMILES string of the molecule is Cc1ccc2nc(NC(=O)c3cc(-c4cccnc4)nc4ccccc34)sc2c1. The van der Waals surface area contributed by atoms with Crippen LogP contribution < -0.4 is 5.32 Å². The van der Waals surface area contributed by atoms with E-state index < -0.39 is 0 Å². The molecule has 0 atom stereocenters. The highest BCUT2D eigenvalue weighted by Gasteiger charge is 2.16. The molecule has 0 aliphatic carbocycles. The molecule has 0 aliphatic heterocycles. The van der Waals surface area contributed by atoms with E-state index in [-0.39, 0.29) is 5.91 Å². The predicted octanol–water partition coefficient (Wildman–Crippen LogP) is 5.47. The number of aryl methyl sites for hydroxylation is 1. The van der Waals surface area contributed by atoms with Gasteiger partial charge in [0.2, 0.25) is 0 Å². The lowest BCUT2D eigenvalue weighted by Gasteiger charge is -2.09. The normalized spacial score (nSPS) is 11.1. The van der Waals surface area contributed by atoms with E-state index in [0.29, 0.717) is 16.4 Å². The number of anilines is 1. The summed E-state index contributed by atoms with van der Waals surface area (Å²) in [6, 6.07) is 19.3. The Labute approximate surface area is 171 Å². The number of pyridine rings is 2. The second-order valence-electron chi connectivity index (χ2n) is 6.76. The van der Waals surface area contributed by atoms with Crippen molar-refractivity contribution in [1.29, 1.82) is 0 Å². The summed E-state index contributed by atoms with van der Waals surface area (Å²) in [5.74, 6) is -0.204. The van der Waals surface area contributed by atoms with Crippen LogP contribution in [0.4, 0.5) is 5.13 Å². The lowest BCUT2D eigenvalue weighted by molar-refractivity contribution is 0.102. The molecule has 3 aromatic heterocycles. The molecule has 0 aliphatic rings. The molecule has 0 saturated carbocycles. The van der Waals surface area contributed by atoms with Crippen molar-refractivity contribution in [3.8, 4) is 11.3 Å². The maximum Gasteiger partial charge on any atom is 0.258 e. The lowest BCUT2D eigenvalue weighted by atomic mass is 10.0. The molecule has 5 nitrogen and oxygen atoms in total. The number of nitrogens with one attached hydrogen (secondary N) is 1. The predicted molar refractivity (Wildman–Crippen MR) is 117 cm³/mol. The van der Waals surface area contributed by atoms with Crippen molar-refractivity contribution < 1.29 is 4.79 Å². The van der Waals surface area contributed by atoms with E-state index in [1.54, 1.807) is 12.4 Å². The van der Waals surface area contributed by atoms with Crippen molar-refractivity contribution in [2.24, 2.45) is 0 Å². The first kappa shape index (κ1) is 17.5. The molecule has 5 rings (SSSR count). The second kappa shape index (κ2) is 7.07. The summed E-state index contributed by atoms with van der Waals surface area (Å²) in [6.45, 7) is 2.04. The molecule has 1 N–H and O–H groups in total. The fraction of sp³-hybridized carbons (Fsp3) is 0.0435. The number of rotatable bonds is 3. The fourth-order valence-electron chi connectivity index (χ4n) is 3.28. The van der Waals surface area contributed by atoms with Gasteiger partial charge >= 0.3 is 0 Å². The van der Waals surface area contributed by atoms with Gasteiger partial charge in [0.15, 0.2) is 5.13 Å². The van der Waals surface area contributed by atoms with E-state index in [0.717, 1.165) is 26.7 Å². The van der Waals surface area contributed by atoms with Gasteiger partial charge < -0.3 is 0 Å². The van der Waals surface area contributed by atoms with Gasteiger partial charge in [0, 0.05) is 23.3 Å². The van der Waals surface area contributed by atoms with Crippen LogP contribution in [0.3, 0.4) is 0 Å². The van der Waals surface area contributed by atoms with Crippen LogP contribution in [-0.4, -0.2) is 20.9 Å². The quantitative estimate of drug-likeness (QED) is 0.439. The van der Waals surface area contributed by atoms with Gasteiger partial charge in [-0.2, -0.15) is 0 Å². The first-order valence-electron chi connectivity index (χ1n) is 9.16. The number of carbonyl (C=O) groups excluding carboxylic acids is 1. The van der Waals surface area contributed by atoms with E-state index >= 15 is 0 Å². The molecule has 6 heteroatoms. The van der Waals surface area contributed by atoms with Crippen molar-refractivity contribution in [1.82, 2.24) is 15.0 Å². The van der Waals surface area contributed by atoms with E-state index in [2.05, 4.69) is 21.4 Å². The summed E-state index contributed by atoms with van der Waals surface area (Å²) in [4.78, 5) is 26.6. The van der Waals surface area contributed by atoms with Crippen LogP contribution in [0, 0.1) is 6.92 Å². The zero-order chi connectivity index (χ0) is 19.8. The Balaban J connectivity index is 1.58. The van der Waals surface area contributed by atoms with Gasteiger partial charge in [0.1, 0.15) is 0 Å². The van der Waals surface area contributed by atoms with Crippen molar-refractivity contribution in [2.45, 2.75) is 6.92 Å². The molecule has 0 fully saturated rings. The van der Waals surface area contributed by atoms with E-state index in [1.165, 1.54) is 16.9 Å². The summed E-state index contributed by atoms with van der Waals surface area (Å²) in [7, 11) is 0. The average Bonchev–Trinajstić information content (AvgIpc) is 3.14. The topological polar surface area (TPSA) is 67.8 Å². The molecule has 140 valence electrons. The van der Waals surface area contributed by atoms with Crippen molar-refractivity contribution in [2.75, 3.05) is 5.32 Å². The number of amides is 1. The molecule has 0 unspecified atom stereocenters. The van der Waals surface area contributed by atoms with Crippen LogP contribution in [-0.2, 0) is 0 Å². The van der Waals surface area contributed by atoms with E-state index in [9.17, 15) is 4.79 Å². The van der Waals surface area contributed by atoms with Gasteiger partial charge in [0.25, 0.3) is 5.91 Å². The summed E-state index contributed by atoms with van der Waals surface area (Å²) in [5.41, 5.74) is 4.94. The number of nitrogens with zero attached hydrogens (tertiary/aromatic N) is 3. The highest BCUT2D eigenvalue weighted by atomic mass is 32.1. The number of hydrogen-bond donors (Lipinski definition) is 1. The Kier molecular flexibility index (Phi) is 4.26. The minimum Gasteiger partial charge on any atom is -0.298 e. The Morgan fingerprint density at radius 3 is 2.72 bits per heavy atom. The zero-order valence-electron chi connectivity index (χ0n) is 15.6. The van der Waals surface area contributed by atoms with Gasteiger partial charge in [-0.1, -0.05) is 35.6 Å². The summed E-state index contributed by atoms with van der Waals surface area (Å²) >= 11 is 1.47. The fourth-order valence-corrected chi connectivity index (χ4v) is 4.23. The van der Waals surface area contributed by atoms with Crippen LogP contribution in [0.2, 0.25) is 0 Å². The molecule has 0 saturated heterocycles. The molecule has 0 radical (unpaired) electrons. The number of para-hydroxylation sites is 1. The van der Waals surface area contributed by atoms with Gasteiger partial charge in [-0.05, 0) is 48.9 Å². The van der Waals surface area contributed by atoms with Crippen LogP contribution in [0.1, 0.15) is 15.9 Å². The minimum absolute atomic E-state index is 0.204. The lowest BCUT2D eigenvalue weighted by Crippen LogP contribution is -2.13. The molecular formula is C23H16N4OS. The van der Waals surface area contributed by atoms with Crippen LogP contribution in [0.25, 0.3) is 32.4 Å². The molecule has 0 spiro atoms. The first-order valence-corrected chi connectivity index (χ1v) is 9.98. The molecule has 5 aromatic rings. The van der Waals surface area contributed by atoms with Crippen molar-refractivity contribution >= 4 is 43.5 Å². The standard InChI is InChI=1S/C23H16N4OS/c1-14-8-9-19-21(11-14)29-23(26-19)27-22(28)17-12-20(15-5-4-10-24-13-15)25-18-7-3-2-6-16(17)18/h2-13H,1H3,(H,26,27,28). The molecule has 1 amide bonds. The van der Waals surface area contributed by atoms with Crippen LogP contribution >= 0.6 is 11.3 Å². The zero-order valence-corrected chi connectivity index (χ0v) is 16.4. The molecule has 0 bridgehead atoms. The Hall–Kier alpha value is -3.64. The third-order valence-corrected chi connectivity index (χ3v) is 5.62. The maximum absolute atomic E-state index is 13.2. The Morgan fingerprint density at radius 2 is 1.86 bits per heavy atom. The van der Waals surface area contributed by atoms with Gasteiger partial charge in [-0.3, -0.25) is 15.1 Å². The molecular weight excluding hydrogens is 380 g/mol. The number of thiazole rings is 1. The third-order valence-electron chi connectivity index (χ3n) is 4.68. The molecule has 3 heterocycles. The first-order chi connectivity index (χ1) is 14.2. The van der Waals surface area contributed by atoms with E-state index in [4.69, 9.17) is 4.98 Å². The molecule has 29 heavy (non-hydrogen) atoms. The van der Waals surface area contributed by atoms with Gasteiger partial charge in [-0.25, -0.2) is 9.97 Å². The highest BCUT2D eigenvalue weighted by Crippen LogP contribution is 2.29. The number of carbonyl (C=O) groups is 1. The third kappa shape index (κ3) is 3.34. The Morgan fingerprint density at radius 1 is 0.966 bits per heavy atom. The number of aromatic nitrogens is 3. The monoisotopic (exact) mass is 396 g/mol. The number of fused-ring (bicyclic) bond motifs is 2. The Bertz CT molecular complexity index is 1360. The van der Waals surface area contributed by atoms with Gasteiger partial charge in [-0.15, -0.1) is 0 Å². The maximum atomic E-state index is 13.2.